The zero-order valence-corrected chi connectivity index (χ0v) is 18.3. The molecule has 5 rings (SSSR count). The monoisotopic (exact) mass is 439 g/mol. The van der Waals surface area contributed by atoms with Crippen LogP contribution in [0.5, 0.6) is 11.5 Å². The van der Waals surface area contributed by atoms with E-state index in [1.165, 1.54) is 6.07 Å². The fourth-order valence-corrected chi connectivity index (χ4v) is 5.60. The number of likely N-dealkylation sites (tertiary alicyclic amines) is 1. The first-order valence-electron chi connectivity index (χ1n) is 11.7. The summed E-state index contributed by atoms with van der Waals surface area (Å²) in [6.45, 7) is 2.23. The summed E-state index contributed by atoms with van der Waals surface area (Å²) < 4.78 is 20.4. The molecule has 3 fully saturated rings. The number of anilines is 1. The SMILES string of the molecule is O=C1N(C2CCC(O)CC2)CCC12CCCN(c1ccc(Oc3ccncc3)c(F)c1)C2. The van der Waals surface area contributed by atoms with E-state index in [0.717, 1.165) is 63.7 Å². The van der Waals surface area contributed by atoms with E-state index < -0.39 is 5.82 Å². The van der Waals surface area contributed by atoms with Crippen LogP contribution in [0, 0.1) is 11.2 Å². The lowest BCUT2D eigenvalue weighted by Crippen LogP contribution is -2.50. The van der Waals surface area contributed by atoms with Gasteiger partial charge in [0.2, 0.25) is 5.91 Å². The van der Waals surface area contributed by atoms with Crippen molar-refractivity contribution in [2.75, 3.05) is 24.5 Å². The predicted molar refractivity (Wildman–Crippen MR) is 119 cm³/mol. The van der Waals surface area contributed by atoms with Gasteiger partial charge in [-0.25, -0.2) is 4.39 Å². The highest BCUT2D eigenvalue weighted by Crippen LogP contribution is 2.43. The van der Waals surface area contributed by atoms with Gasteiger partial charge in [0, 0.05) is 49.8 Å². The van der Waals surface area contributed by atoms with Crippen LogP contribution in [-0.2, 0) is 4.79 Å². The minimum absolute atomic E-state index is 0.175. The highest BCUT2D eigenvalue weighted by atomic mass is 19.1. The summed E-state index contributed by atoms with van der Waals surface area (Å²) in [7, 11) is 0. The van der Waals surface area contributed by atoms with Gasteiger partial charge in [-0.3, -0.25) is 9.78 Å². The Morgan fingerprint density at radius 2 is 1.84 bits per heavy atom. The largest absolute Gasteiger partial charge is 0.454 e. The zero-order valence-electron chi connectivity index (χ0n) is 18.3. The Hall–Kier alpha value is -2.67. The minimum Gasteiger partial charge on any atom is -0.454 e. The molecule has 1 N–H and O–H groups in total. The van der Waals surface area contributed by atoms with Gasteiger partial charge >= 0.3 is 0 Å². The third kappa shape index (κ3) is 4.06. The first-order valence-corrected chi connectivity index (χ1v) is 11.7. The lowest BCUT2D eigenvalue weighted by molar-refractivity contribution is -0.139. The summed E-state index contributed by atoms with van der Waals surface area (Å²) in [5.74, 6) is 0.547. The second kappa shape index (κ2) is 8.70. The molecule has 2 aliphatic heterocycles. The van der Waals surface area contributed by atoms with Gasteiger partial charge in [-0.2, -0.15) is 0 Å². The Balaban J connectivity index is 1.29. The van der Waals surface area contributed by atoms with Crippen LogP contribution in [-0.4, -0.2) is 52.7 Å². The fraction of sp³-hybridized carbons (Fsp3) is 0.520. The summed E-state index contributed by atoms with van der Waals surface area (Å²) in [6, 6.07) is 8.66. The van der Waals surface area contributed by atoms with Gasteiger partial charge < -0.3 is 19.6 Å². The van der Waals surface area contributed by atoms with E-state index in [9.17, 15) is 14.3 Å². The van der Waals surface area contributed by atoms with Crippen molar-refractivity contribution in [2.45, 2.75) is 57.1 Å². The first kappa shape index (κ1) is 21.2. The molecule has 1 atom stereocenters. The number of halogens is 1. The quantitative estimate of drug-likeness (QED) is 0.776. The second-order valence-electron chi connectivity index (χ2n) is 9.42. The third-order valence-electron chi connectivity index (χ3n) is 7.39. The lowest BCUT2D eigenvalue weighted by atomic mass is 9.78. The Bertz CT molecular complexity index is 964. The van der Waals surface area contributed by atoms with Crippen LogP contribution in [0.4, 0.5) is 10.1 Å². The second-order valence-corrected chi connectivity index (χ2v) is 9.42. The van der Waals surface area contributed by atoms with Crippen molar-refractivity contribution >= 4 is 11.6 Å². The number of carbonyl (C=O) groups excluding carboxylic acids is 1. The fourth-order valence-electron chi connectivity index (χ4n) is 5.60. The van der Waals surface area contributed by atoms with Gasteiger partial charge in [0.15, 0.2) is 11.6 Å². The maximum absolute atomic E-state index is 14.8. The number of ether oxygens (including phenoxy) is 1. The molecular formula is C25H30FN3O3. The number of hydrogen-bond acceptors (Lipinski definition) is 5. The van der Waals surface area contributed by atoms with Crippen molar-refractivity contribution in [3.63, 3.8) is 0 Å². The average molecular weight is 440 g/mol. The van der Waals surface area contributed by atoms with Crippen LogP contribution in [0.3, 0.4) is 0 Å². The molecule has 1 aromatic heterocycles. The highest BCUT2D eigenvalue weighted by Gasteiger charge is 2.50. The van der Waals surface area contributed by atoms with Crippen LogP contribution in [0.1, 0.15) is 44.9 Å². The average Bonchev–Trinajstić information content (AvgIpc) is 3.12. The van der Waals surface area contributed by atoms with Crippen molar-refractivity contribution in [2.24, 2.45) is 5.41 Å². The van der Waals surface area contributed by atoms with Crippen LogP contribution in [0.25, 0.3) is 0 Å². The predicted octanol–water partition coefficient (Wildman–Crippen LogP) is 4.14. The molecule has 170 valence electrons. The number of aliphatic hydroxyl groups excluding tert-OH is 1. The number of nitrogens with zero attached hydrogens (tertiary/aromatic N) is 3. The van der Waals surface area contributed by atoms with Crippen LogP contribution in [0.15, 0.2) is 42.7 Å². The number of amides is 1. The van der Waals surface area contributed by atoms with E-state index in [-0.39, 0.29) is 29.2 Å². The van der Waals surface area contributed by atoms with Crippen molar-refractivity contribution < 1.29 is 19.0 Å². The van der Waals surface area contributed by atoms with Crippen molar-refractivity contribution in [1.82, 2.24) is 9.88 Å². The van der Waals surface area contributed by atoms with E-state index >= 15 is 0 Å². The number of rotatable bonds is 4. The van der Waals surface area contributed by atoms with Gasteiger partial charge in [-0.05, 0) is 69.2 Å². The molecule has 1 saturated carbocycles. The van der Waals surface area contributed by atoms with E-state index in [0.29, 0.717) is 12.3 Å². The maximum Gasteiger partial charge on any atom is 0.230 e. The van der Waals surface area contributed by atoms with Gasteiger partial charge in [0.1, 0.15) is 5.75 Å². The third-order valence-corrected chi connectivity index (χ3v) is 7.39. The summed E-state index contributed by atoms with van der Waals surface area (Å²) >= 11 is 0. The summed E-state index contributed by atoms with van der Waals surface area (Å²) in [4.78, 5) is 21.7. The van der Waals surface area contributed by atoms with Gasteiger partial charge in [-0.1, -0.05) is 0 Å². The normalized spacial score (nSPS) is 28.4. The molecule has 1 aliphatic carbocycles. The zero-order chi connectivity index (χ0) is 22.1. The standard InChI is InChI=1S/C25H30FN3O3/c26-22-16-19(4-7-23(22)32-21-8-12-27-13-9-21)28-14-1-10-25(17-28)11-15-29(24(25)31)18-2-5-20(30)6-3-18/h4,7-9,12-13,16,18,20,30H,1-3,5-6,10-11,14-15,17H2. The molecule has 1 aromatic carbocycles. The molecule has 32 heavy (non-hydrogen) atoms. The van der Waals surface area contributed by atoms with Gasteiger partial charge in [-0.15, -0.1) is 0 Å². The molecule has 3 aliphatic rings. The number of piperidine rings is 1. The van der Waals surface area contributed by atoms with E-state index in [1.807, 2.05) is 6.07 Å². The van der Waals surface area contributed by atoms with Crippen LogP contribution >= 0.6 is 0 Å². The molecule has 1 unspecified atom stereocenters. The van der Waals surface area contributed by atoms with Crippen molar-refractivity contribution in [3.05, 3.63) is 48.5 Å². The number of carbonyl (C=O) groups is 1. The Kier molecular flexibility index (Phi) is 5.76. The summed E-state index contributed by atoms with van der Waals surface area (Å²) in [5, 5.41) is 9.81. The number of aromatic nitrogens is 1. The van der Waals surface area contributed by atoms with Gasteiger partial charge in [0.25, 0.3) is 0 Å². The van der Waals surface area contributed by atoms with E-state index in [2.05, 4.69) is 14.8 Å². The molecule has 2 saturated heterocycles. The molecule has 0 bridgehead atoms. The molecular weight excluding hydrogens is 409 g/mol. The highest BCUT2D eigenvalue weighted by molar-refractivity contribution is 5.86. The topological polar surface area (TPSA) is 65.9 Å². The van der Waals surface area contributed by atoms with Gasteiger partial charge in [0.05, 0.1) is 11.5 Å². The minimum atomic E-state index is -0.418. The van der Waals surface area contributed by atoms with Crippen molar-refractivity contribution in [1.29, 1.82) is 0 Å². The number of pyridine rings is 1. The Morgan fingerprint density at radius 1 is 1.06 bits per heavy atom. The van der Waals surface area contributed by atoms with Crippen LogP contribution < -0.4 is 9.64 Å². The number of hydrogen-bond donors (Lipinski definition) is 1. The summed E-state index contributed by atoms with van der Waals surface area (Å²) in [6.07, 6.45) is 8.98. The van der Waals surface area contributed by atoms with Crippen LogP contribution in [0.2, 0.25) is 0 Å². The van der Waals surface area contributed by atoms with E-state index in [4.69, 9.17) is 4.74 Å². The first-order chi connectivity index (χ1) is 15.5. The number of aliphatic hydroxyl groups is 1. The summed E-state index contributed by atoms with van der Waals surface area (Å²) in [5.41, 5.74) is 0.410. The maximum atomic E-state index is 14.8. The molecule has 2 aromatic rings. The molecule has 6 nitrogen and oxygen atoms in total. The Labute approximate surface area is 188 Å². The Morgan fingerprint density at radius 3 is 2.59 bits per heavy atom. The molecule has 3 heterocycles. The smallest absolute Gasteiger partial charge is 0.230 e. The van der Waals surface area contributed by atoms with Crippen molar-refractivity contribution in [3.8, 4) is 11.5 Å². The van der Waals surface area contributed by atoms with E-state index in [1.54, 1.807) is 30.6 Å². The molecule has 7 heteroatoms. The molecule has 1 amide bonds. The lowest BCUT2D eigenvalue weighted by Gasteiger charge is -2.41. The molecule has 0 radical (unpaired) electrons. The molecule has 1 spiro atoms. The number of benzene rings is 1.